The van der Waals surface area contributed by atoms with Gasteiger partial charge in [0.2, 0.25) is 0 Å². The predicted molar refractivity (Wildman–Crippen MR) is 54.8 cm³/mol. The third-order valence-corrected chi connectivity index (χ3v) is 2.91. The molecule has 0 radical (unpaired) electrons. The van der Waals surface area contributed by atoms with Gasteiger partial charge in [-0.05, 0) is 12.5 Å². The second kappa shape index (κ2) is 4.99. The minimum atomic E-state index is -3.93. The first-order valence-electron chi connectivity index (χ1n) is 4.40. The molecule has 8 heteroatoms. The van der Waals surface area contributed by atoms with Gasteiger partial charge in [-0.3, -0.25) is 4.18 Å². The smallest absolute Gasteiger partial charge is 0.332 e. The fourth-order valence-electron chi connectivity index (χ4n) is 1.000. The van der Waals surface area contributed by atoms with Crippen molar-refractivity contribution in [2.24, 2.45) is 5.16 Å². The molecule has 7 nitrogen and oxygen atoms in total. The predicted octanol–water partition coefficient (Wildman–Crippen LogP) is 0.400. The van der Waals surface area contributed by atoms with Crippen molar-refractivity contribution in [3.8, 4) is 0 Å². The van der Waals surface area contributed by atoms with Crippen LogP contribution in [0.25, 0.3) is 0 Å². The van der Waals surface area contributed by atoms with Crippen LogP contribution in [-0.2, 0) is 14.3 Å². The van der Waals surface area contributed by atoms with Crippen molar-refractivity contribution in [3.05, 3.63) is 18.0 Å². The molecule has 0 unspecified atom stereocenters. The number of oxime groups is 1. The molecule has 0 aromatic carbocycles. The molecular formula is C8H11N3O4S. The molecule has 0 aliphatic rings. The number of rotatable bonds is 4. The Labute approximate surface area is 92.9 Å². The Morgan fingerprint density at radius 3 is 2.81 bits per heavy atom. The maximum atomic E-state index is 11.3. The van der Waals surface area contributed by atoms with Crippen LogP contribution in [0.5, 0.6) is 0 Å². The molecule has 1 heterocycles. The Morgan fingerprint density at radius 1 is 1.62 bits per heavy atom. The lowest BCUT2D eigenvalue weighted by atomic mass is 10.2. The minimum Gasteiger partial charge on any atom is -0.411 e. The molecule has 1 rings (SSSR count). The minimum absolute atomic E-state index is 0.246. The van der Waals surface area contributed by atoms with Gasteiger partial charge in [0, 0.05) is 6.20 Å². The van der Waals surface area contributed by atoms with Gasteiger partial charge in [-0.2, -0.15) is 8.42 Å². The summed E-state index contributed by atoms with van der Waals surface area (Å²) in [4.78, 5) is 7.31. The first-order chi connectivity index (χ1) is 7.55. The van der Waals surface area contributed by atoms with Crippen molar-refractivity contribution in [1.82, 2.24) is 9.97 Å². The molecule has 0 bridgehead atoms. The third-order valence-electron chi connectivity index (χ3n) is 1.83. The summed E-state index contributed by atoms with van der Waals surface area (Å²) in [5.74, 6) is 0. The molecule has 0 aliphatic carbocycles. The van der Waals surface area contributed by atoms with Crippen molar-refractivity contribution in [2.45, 2.75) is 18.5 Å². The second-order valence-electron chi connectivity index (χ2n) is 2.75. The van der Waals surface area contributed by atoms with E-state index in [1.54, 1.807) is 6.92 Å². The van der Waals surface area contributed by atoms with Crippen LogP contribution in [0.15, 0.2) is 22.6 Å². The van der Waals surface area contributed by atoms with E-state index in [0.717, 1.165) is 7.11 Å². The largest absolute Gasteiger partial charge is 0.411 e. The second-order valence-corrected chi connectivity index (χ2v) is 4.35. The van der Waals surface area contributed by atoms with E-state index in [4.69, 9.17) is 5.21 Å². The summed E-state index contributed by atoms with van der Waals surface area (Å²) in [7, 11) is -2.91. The highest BCUT2D eigenvalue weighted by Gasteiger charge is 2.18. The number of hydrogen-bond donors (Lipinski definition) is 1. The summed E-state index contributed by atoms with van der Waals surface area (Å²) in [5, 5.41) is 11.2. The highest BCUT2D eigenvalue weighted by molar-refractivity contribution is 7.86. The van der Waals surface area contributed by atoms with Gasteiger partial charge in [0.05, 0.1) is 12.8 Å². The fraction of sp³-hybridized carbons (Fsp3) is 0.375. The molecule has 0 saturated carbocycles. The van der Waals surface area contributed by atoms with Crippen LogP contribution in [-0.4, -0.2) is 36.4 Å². The molecule has 0 aliphatic heterocycles. The molecule has 0 spiro atoms. The van der Waals surface area contributed by atoms with Crippen molar-refractivity contribution in [2.75, 3.05) is 7.11 Å². The summed E-state index contributed by atoms with van der Waals surface area (Å²) in [5.41, 5.74) is 0.519. The first-order valence-corrected chi connectivity index (χ1v) is 5.81. The van der Waals surface area contributed by atoms with Crippen molar-refractivity contribution >= 4 is 15.8 Å². The van der Waals surface area contributed by atoms with Crippen molar-refractivity contribution in [3.63, 3.8) is 0 Å². The SMILES string of the molecule is CCC(=NO)c1ccnc(S(=O)(=O)OC)n1. The van der Waals surface area contributed by atoms with Gasteiger partial charge < -0.3 is 5.21 Å². The zero-order valence-corrected chi connectivity index (χ0v) is 9.60. The highest BCUT2D eigenvalue weighted by Crippen LogP contribution is 2.07. The van der Waals surface area contributed by atoms with E-state index < -0.39 is 15.3 Å². The molecule has 1 aromatic rings. The maximum Gasteiger partial charge on any atom is 0.332 e. The van der Waals surface area contributed by atoms with Crippen LogP contribution in [0.3, 0.4) is 0 Å². The average Bonchev–Trinajstić information content (AvgIpc) is 2.31. The molecule has 1 N–H and O–H groups in total. The van der Waals surface area contributed by atoms with E-state index >= 15 is 0 Å². The standard InChI is InChI=1S/C8H11N3O4S/c1-3-6(11-12)7-4-5-9-8(10-7)16(13,14)15-2/h4-5,12H,3H2,1-2H3. The quantitative estimate of drug-likeness (QED) is 0.271. The molecule has 0 saturated heterocycles. The van der Waals surface area contributed by atoms with E-state index in [-0.39, 0.29) is 11.4 Å². The van der Waals surface area contributed by atoms with Crippen LogP contribution in [0.2, 0.25) is 0 Å². The normalized spacial score (nSPS) is 12.8. The topological polar surface area (TPSA) is 102 Å². The molecule has 88 valence electrons. The van der Waals surface area contributed by atoms with E-state index in [1.807, 2.05) is 0 Å². The van der Waals surface area contributed by atoms with E-state index in [0.29, 0.717) is 6.42 Å². The van der Waals surface area contributed by atoms with Crippen molar-refractivity contribution in [1.29, 1.82) is 0 Å². The molecule has 0 amide bonds. The number of nitrogens with zero attached hydrogens (tertiary/aromatic N) is 3. The molecular weight excluding hydrogens is 234 g/mol. The van der Waals surface area contributed by atoms with Gasteiger partial charge in [0.15, 0.2) is 0 Å². The molecule has 0 fully saturated rings. The molecule has 16 heavy (non-hydrogen) atoms. The van der Waals surface area contributed by atoms with E-state index in [9.17, 15) is 8.42 Å². The van der Waals surface area contributed by atoms with Gasteiger partial charge in [-0.1, -0.05) is 12.1 Å². The monoisotopic (exact) mass is 245 g/mol. The Kier molecular flexibility index (Phi) is 3.91. The lowest BCUT2D eigenvalue weighted by molar-refractivity contribution is 0.318. The van der Waals surface area contributed by atoms with E-state index in [2.05, 4.69) is 19.3 Å². The van der Waals surface area contributed by atoms with Gasteiger partial charge in [-0.25, -0.2) is 9.97 Å². The molecule has 0 atom stereocenters. The number of hydrogen-bond acceptors (Lipinski definition) is 7. The highest BCUT2D eigenvalue weighted by atomic mass is 32.2. The Balaban J connectivity index is 3.25. The lowest BCUT2D eigenvalue weighted by Crippen LogP contribution is -2.11. The summed E-state index contributed by atoms with van der Waals surface area (Å²) in [6.45, 7) is 1.75. The van der Waals surface area contributed by atoms with Crippen LogP contribution < -0.4 is 0 Å². The van der Waals surface area contributed by atoms with Gasteiger partial charge >= 0.3 is 10.1 Å². The van der Waals surface area contributed by atoms with E-state index in [1.165, 1.54) is 12.3 Å². The zero-order chi connectivity index (χ0) is 12.2. The summed E-state index contributed by atoms with van der Waals surface area (Å²) >= 11 is 0. The summed E-state index contributed by atoms with van der Waals surface area (Å²) in [6, 6.07) is 1.45. The molecule has 1 aromatic heterocycles. The third kappa shape index (κ3) is 2.52. The first kappa shape index (κ1) is 12.5. The van der Waals surface area contributed by atoms with Gasteiger partial charge in [0.25, 0.3) is 5.16 Å². The zero-order valence-electron chi connectivity index (χ0n) is 8.78. The maximum absolute atomic E-state index is 11.3. The summed E-state index contributed by atoms with van der Waals surface area (Å²) in [6.07, 6.45) is 1.68. The Morgan fingerprint density at radius 2 is 2.31 bits per heavy atom. The Hall–Kier alpha value is -1.54. The van der Waals surface area contributed by atoms with Crippen LogP contribution in [0.4, 0.5) is 0 Å². The van der Waals surface area contributed by atoms with Crippen molar-refractivity contribution < 1.29 is 17.8 Å². The van der Waals surface area contributed by atoms with Gasteiger partial charge in [-0.15, -0.1) is 0 Å². The lowest BCUT2D eigenvalue weighted by Gasteiger charge is -2.03. The van der Waals surface area contributed by atoms with Gasteiger partial charge in [0.1, 0.15) is 5.71 Å². The summed E-state index contributed by atoms with van der Waals surface area (Å²) < 4.78 is 26.9. The Bertz CT molecular complexity index is 498. The fourth-order valence-corrected chi connectivity index (χ4v) is 1.55. The van der Waals surface area contributed by atoms with Crippen LogP contribution >= 0.6 is 0 Å². The van der Waals surface area contributed by atoms with Crippen LogP contribution in [0.1, 0.15) is 19.0 Å². The average molecular weight is 245 g/mol. The number of aromatic nitrogens is 2. The van der Waals surface area contributed by atoms with Crippen LogP contribution in [0, 0.1) is 0 Å².